The van der Waals surface area contributed by atoms with Gasteiger partial charge in [-0.05, 0) is 13.8 Å². The molecule has 9 heavy (non-hydrogen) atoms. The van der Waals surface area contributed by atoms with Crippen molar-refractivity contribution >= 4 is 0 Å². The molecule has 0 aromatic carbocycles. The lowest BCUT2D eigenvalue weighted by Gasteiger charge is -2.10. The van der Waals surface area contributed by atoms with E-state index in [9.17, 15) is 0 Å². The van der Waals surface area contributed by atoms with Crippen LogP contribution in [0.5, 0.6) is 0 Å². The summed E-state index contributed by atoms with van der Waals surface area (Å²) in [6.45, 7) is 3.72. The SMILES string of the molecule is C[C@@H]1N[C@H](C)[C@@H](O)[C@H]1O. The van der Waals surface area contributed by atoms with Crippen LogP contribution in [-0.4, -0.2) is 34.5 Å². The average Bonchev–Trinajstić information content (AvgIpc) is 1.98. The topological polar surface area (TPSA) is 52.5 Å². The Bertz CT molecular complexity index is 95.2. The summed E-state index contributed by atoms with van der Waals surface area (Å²) in [7, 11) is 0. The molecular weight excluding hydrogens is 118 g/mol. The highest BCUT2D eigenvalue weighted by molar-refractivity contribution is 4.93. The van der Waals surface area contributed by atoms with E-state index in [2.05, 4.69) is 5.32 Å². The van der Waals surface area contributed by atoms with Crippen LogP contribution in [0.4, 0.5) is 0 Å². The van der Waals surface area contributed by atoms with E-state index < -0.39 is 12.2 Å². The second-order valence-electron chi connectivity index (χ2n) is 2.73. The zero-order valence-corrected chi connectivity index (χ0v) is 5.70. The molecule has 3 heteroatoms. The highest BCUT2D eigenvalue weighted by Crippen LogP contribution is 2.12. The number of rotatable bonds is 0. The minimum absolute atomic E-state index is 0.0231. The van der Waals surface area contributed by atoms with E-state index >= 15 is 0 Å². The van der Waals surface area contributed by atoms with Gasteiger partial charge in [-0.1, -0.05) is 0 Å². The van der Waals surface area contributed by atoms with Gasteiger partial charge >= 0.3 is 0 Å². The van der Waals surface area contributed by atoms with E-state index in [0.29, 0.717) is 0 Å². The van der Waals surface area contributed by atoms with E-state index in [0.717, 1.165) is 0 Å². The summed E-state index contributed by atoms with van der Waals surface area (Å²) in [5.41, 5.74) is 0. The molecule has 4 atom stereocenters. The van der Waals surface area contributed by atoms with Crippen molar-refractivity contribution in [2.45, 2.75) is 38.1 Å². The van der Waals surface area contributed by atoms with E-state index in [1.807, 2.05) is 13.8 Å². The summed E-state index contributed by atoms with van der Waals surface area (Å²) in [5, 5.41) is 21.3. The molecule has 1 heterocycles. The van der Waals surface area contributed by atoms with Crippen LogP contribution in [0.15, 0.2) is 0 Å². The average molecular weight is 131 g/mol. The van der Waals surface area contributed by atoms with Gasteiger partial charge in [0.2, 0.25) is 0 Å². The summed E-state index contributed by atoms with van der Waals surface area (Å²) in [4.78, 5) is 0. The van der Waals surface area contributed by atoms with Gasteiger partial charge in [-0.25, -0.2) is 0 Å². The lowest BCUT2D eigenvalue weighted by molar-refractivity contribution is 0.0327. The van der Waals surface area contributed by atoms with Gasteiger partial charge in [0.25, 0.3) is 0 Å². The fourth-order valence-electron chi connectivity index (χ4n) is 1.20. The van der Waals surface area contributed by atoms with Crippen molar-refractivity contribution in [1.82, 2.24) is 5.32 Å². The van der Waals surface area contributed by atoms with Gasteiger partial charge in [0.05, 0.1) is 12.2 Å². The monoisotopic (exact) mass is 131 g/mol. The molecule has 0 aromatic heterocycles. The van der Waals surface area contributed by atoms with Crippen LogP contribution in [0.25, 0.3) is 0 Å². The Morgan fingerprint density at radius 3 is 1.44 bits per heavy atom. The molecule has 0 aliphatic carbocycles. The minimum atomic E-state index is -0.597. The smallest absolute Gasteiger partial charge is 0.0964 e. The Balaban J connectivity index is 2.54. The van der Waals surface area contributed by atoms with Gasteiger partial charge in [-0.3, -0.25) is 0 Å². The van der Waals surface area contributed by atoms with Crippen LogP contribution in [-0.2, 0) is 0 Å². The molecule has 1 saturated heterocycles. The lowest BCUT2D eigenvalue weighted by Crippen LogP contribution is -2.30. The summed E-state index contributed by atoms with van der Waals surface area (Å²) < 4.78 is 0. The molecule has 1 fully saturated rings. The van der Waals surface area contributed by atoms with E-state index in [-0.39, 0.29) is 12.1 Å². The molecule has 0 saturated carbocycles. The molecule has 0 bridgehead atoms. The third kappa shape index (κ3) is 1.08. The molecule has 54 valence electrons. The van der Waals surface area contributed by atoms with Crippen LogP contribution in [0, 0.1) is 0 Å². The van der Waals surface area contributed by atoms with Crippen LogP contribution >= 0.6 is 0 Å². The van der Waals surface area contributed by atoms with Gasteiger partial charge < -0.3 is 15.5 Å². The number of hydrogen-bond acceptors (Lipinski definition) is 3. The van der Waals surface area contributed by atoms with Gasteiger partial charge in [0.1, 0.15) is 0 Å². The predicted molar refractivity (Wildman–Crippen MR) is 34.1 cm³/mol. The van der Waals surface area contributed by atoms with Crippen molar-refractivity contribution in [3.8, 4) is 0 Å². The number of aliphatic hydroxyl groups excluding tert-OH is 2. The third-order valence-electron chi connectivity index (χ3n) is 1.90. The number of nitrogens with one attached hydrogen (secondary N) is 1. The van der Waals surface area contributed by atoms with Crippen molar-refractivity contribution in [3.63, 3.8) is 0 Å². The number of hydrogen-bond donors (Lipinski definition) is 3. The molecule has 0 amide bonds. The molecule has 3 nitrogen and oxygen atoms in total. The van der Waals surface area contributed by atoms with Crippen molar-refractivity contribution in [1.29, 1.82) is 0 Å². The Labute approximate surface area is 54.7 Å². The standard InChI is InChI=1S/C6H13NO2/c1-3-5(8)6(9)4(2)7-3/h3-9H,1-2H3/t3-,4+,5-,6+. The zero-order valence-electron chi connectivity index (χ0n) is 5.70. The van der Waals surface area contributed by atoms with E-state index in [1.54, 1.807) is 0 Å². The van der Waals surface area contributed by atoms with Crippen molar-refractivity contribution in [3.05, 3.63) is 0 Å². The quantitative estimate of drug-likeness (QED) is 0.399. The fourth-order valence-corrected chi connectivity index (χ4v) is 1.20. The molecule has 0 aromatic rings. The van der Waals surface area contributed by atoms with Gasteiger partial charge in [-0.2, -0.15) is 0 Å². The van der Waals surface area contributed by atoms with Gasteiger partial charge in [0, 0.05) is 12.1 Å². The van der Waals surface area contributed by atoms with Gasteiger partial charge in [0.15, 0.2) is 0 Å². The van der Waals surface area contributed by atoms with Crippen LogP contribution in [0.1, 0.15) is 13.8 Å². The zero-order chi connectivity index (χ0) is 7.02. The van der Waals surface area contributed by atoms with Crippen LogP contribution in [0.2, 0.25) is 0 Å². The molecule has 0 unspecified atom stereocenters. The summed E-state index contributed by atoms with van der Waals surface area (Å²) in [6, 6.07) is 0.0463. The molecule has 1 aliphatic heterocycles. The maximum absolute atomic E-state index is 9.12. The maximum atomic E-state index is 9.12. The summed E-state index contributed by atoms with van der Waals surface area (Å²) in [6.07, 6.45) is -1.19. The first kappa shape index (κ1) is 6.99. The molecule has 1 aliphatic rings. The second-order valence-corrected chi connectivity index (χ2v) is 2.73. The Kier molecular flexibility index (Phi) is 1.75. The highest BCUT2D eigenvalue weighted by Gasteiger charge is 2.35. The van der Waals surface area contributed by atoms with Crippen LogP contribution in [0.3, 0.4) is 0 Å². The molecular formula is C6H13NO2. The predicted octanol–water partition coefficient (Wildman–Crippen LogP) is -0.912. The molecule has 1 rings (SSSR count). The first-order valence-electron chi connectivity index (χ1n) is 3.25. The van der Waals surface area contributed by atoms with E-state index in [1.165, 1.54) is 0 Å². The second kappa shape index (κ2) is 2.25. The van der Waals surface area contributed by atoms with Gasteiger partial charge in [-0.15, -0.1) is 0 Å². The Morgan fingerprint density at radius 2 is 1.33 bits per heavy atom. The third-order valence-corrected chi connectivity index (χ3v) is 1.90. The lowest BCUT2D eigenvalue weighted by atomic mass is 10.1. The van der Waals surface area contributed by atoms with Crippen molar-refractivity contribution in [2.24, 2.45) is 0 Å². The Hall–Kier alpha value is -0.120. The van der Waals surface area contributed by atoms with E-state index in [4.69, 9.17) is 10.2 Å². The van der Waals surface area contributed by atoms with Crippen molar-refractivity contribution in [2.75, 3.05) is 0 Å². The van der Waals surface area contributed by atoms with Crippen molar-refractivity contribution < 1.29 is 10.2 Å². The number of aliphatic hydroxyl groups is 2. The molecule has 3 N–H and O–H groups in total. The van der Waals surface area contributed by atoms with Crippen LogP contribution < -0.4 is 5.32 Å². The normalized spacial score (nSPS) is 52.0. The first-order chi connectivity index (χ1) is 4.13. The fraction of sp³-hybridized carbons (Fsp3) is 1.00. The molecule has 0 spiro atoms. The Morgan fingerprint density at radius 1 is 1.00 bits per heavy atom. The highest BCUT2D eigenvalue weighted by atomic mass is 16.3. The maximum Gasteiger partial charge on any atom is 0.0964 e. The first-order valence-corrected chi connectivity index (χ1v) is 3.25. The largest absolute Gasteiger partial charge is 0.389 e. The molecule has 0 radical (unpaired) electrons. The summed E-state index contributed by atoms with van der Waals surface area (Å²) >= 11 is 0. The summed E-state index contributed by atoms with van der Waals surface area (Å²) in [5.74, 6) is 0. The minimum Gasteiger partial charge on any atom is -0.389 e.